The number of anilines is 1. The second-order valence-corrected chi connectivity index (χ2v) is 9.20. The molecule has 3 aliphatic heterocycles. The molecule has 3 aliphatic rings. The first-order chi connectivity index (χ1) is 14.4. The predicted molar refractivity (Wildman–Crippen MR) is 103 cm³/mol. The highest BCUT2D eigenvalue weighted by Crippen LogP contribution is 2.48. The van der Waals surface area contributed by atoms with Crippen molar-refractivity contribution in [2.75, 3.05) is 38.2 Å². The van der Waals surface area contributed by atoms with Crippen molar-refractivity contribution in [2.24, 2.45) is 0 Å². The first-order valence-electron chi connectivity index (χ1n) is 9.51. The average Bonchev–Trinajstić information content (AvgIpc) is 3.32. The largest absolute Gasteiger partial charge is 0.379 e. The summed E-state index contributed by atoms with van der Waals surface area (Å²) >= 11 is 0. The van der Waals surface area contributed by atoms with Gasteiger partial charge in [-0.05, 0) is 35.9 Å². The van der Waals surface area contributed by atoms with Gasteiger partial charge in [-0.25, -0.2) is 12.8 Å². The van der Waals surface area contributed by atoms with Gasteiger partial charge in [-0.3, -0.25) is 4.79 Å². The normalized spacial score (nSPS) is 26.7. The average molecular weight is 434 g/mol. The first kappa shape index (κ1) is 19.6. The molecule has 0 aliphatic carbocycles. The van der Waals surface area contributed by atoms with Crippen LogP contribution in [-0.2, 0) is 34.8 Å². The Kier molecular flexibility index (Phi) is 4.64. The second kappa shape index (κ2) is 7.10. The van der Waals surface area contributed by atoms with Crippen molar-refractivity contribution in [3.05, 3.63) is 59.4 Å². The summed E-state index contributed by atoms with van der Waals surface area (Å²) in [6.07, 6.45) is -0.596. The maximum absolute atomic E-state index is 13.2. The number of rotatable bonds is 3. The van der Waals surface area contributed by atoms with E-state index in [-0.39, 0.29) is 30.4 Å². The van der Waals surface area contributed by atoms with Crippen molar-refractivity contribution in [3.8, 4) is 0 Å². The molecule has 3 heterocycles. The molecule has 10 heteroatoms. The number of sulfonamides is 1. The summed E-state index contributed by atoms with van der Waals surface area (Å²) in [5.41, 5.74) is 1.40. The molecular formula is C20H19FN2O6S. The van der Waals surface area contributed by atoms with Crippen molar-refractivity contribution >= 4 is 21.6 Å². The fourth-order valence-corrected chi connectivity index (χ4v) is 5.33. The Morgan fingerprint density at radius 3 is 2.57 bits per heavy atom. The van der Waals surface area contributed by atoms with Crippen LogP contribution in [0.1, 0.15) is 17.2 Å². The molecule has 1 N–H and O–H groups in total. The molecule has 1 amide bonds. The van der Waals surface area contributed by atoms with E-state index in [1.165, 1.54) is 34.6 Å². The van der Waals surface area contributed by atoms with Gasteiger partial charge in [0.2, 0.25) is 10.0 Å². The number of benzene rings is 2. The second-order valence-electron chi connectivity index (χ2n) is 7.26. The van der Waals surface area contributed by atoms with E-state index in [2.05, 4.69) is 5.32 Å². The molecule has 2 atom stereocenters. The molecule has 0 bridgehead atoms. The minimum absolute atomic E-state index is 0.0523. The van der Waals surface area contributed by atoms with Crippen LogP contribution in [0.3, 0.4) is 0 Å². The van der Waals surface area contributed by atoms with E-state index in [9.17, 15) is 17.6 Å². The first-order valence-corrected chi connectivity index (χ1v) is 11.0. The van der Waals surface area contributed by atoms with Gasteiger partial charge in [0.25, 0.3) is 11.7 Å². The van der Waals surface area contributed by atoms with E-state index in [0.29, 0.717) is 30.0 Å². The molecule has 1 unspecified atom stereocenters. The molecule has 0 aromatic heterocycles. The highest BCUT2D eigenvalue weighted by molar-refractivity contribution is 7.89. The molecule has 158 valence electrons. The van der Waals surface area contributed by atoms with E-state index < -0.39 is 27.8 Å². The van der Waals surface area contributed by atoms with Crippen LogP contribution in [0.15, 0.2) is 47.4 Å². The fourth-order valence-electron chi connectivity index (χ4n) is 3.89. The number of hydrogen-bond donors (Lipinski definition) is 1. The summed E-state index contributed by atoms with van der Waals surface area (Å²) in [5.74, 6) is -2.65. The summed E-state index contributed by atoms with van der Waals surface area (Å²) in [6.45, 7) is 1.27. The molecule has 30 heavy (non-hydrogen) atoms. The van der Waals surface area contributed by atoms with Gasteiger partial charge < -0.3 is 19.5 Å². The zero-order valence-electron chi connectivity index (χ0n) is 15.8. The van der Waals surface area contributed by atoms with E-state index in [0.717, 1.165) is 0 Å². The fraction of sp³-hybridized carbons (Fsp3) is 0.350. The molecule has 8 nitrogen and oxygen atoms in total. The zero-order chi connectivity index (χ0) is 20.9. The number of fused-ring (bicyclic) bond motifs is 2. The van der Waals surface area contributed by atoms with Gasteiger partial charge in [0, 0.05) is 18.7 Å². The number of carbonyl (C=O) groups is 1. The Morgan fingerprint density at radius 2 is 1.83 bits per heavy atom. The smallest absolute Gasteiger partial charge is 0.289 e. The summed E-state index contributed by atoms with van der Waals surface area (Å²) in [5, 5.41) is 2.69. The number of morpholine rings is 1. The van der Waals surface area contributed by atoms with Crippen molar-refractivity contribution in [1.29, 1.82) is 0 Å². The third-order valence-electron chi connectivity index (χ3n) is 5.49. The molecule has 0 radical (unpaired) electrons. The third kappa shape index (κ3) is 3.03. The van der Waals surface area contributed by atoms with E-state index in [4.69, 9.17) is 14.2 Å². The molecular weight excluding hydrogens is 415 g/mol. The molecule has 1 spiro atoms. The SMILES string of the molecule is O=C1Nc2ccc(S(=O)(=O)N3CCOCC3)cc2[C@]12OCC(c1ccc(F)cc1)O2. The van der Waals surface area contributed by atoms with Crippen LogP contribution in [0.5, 0.6) is 0 Å². The Balaban J connectivity index is 1.49. The van der Waals surface area contributed by atoms with Crippen LogP contribution in [0.2, 0.25) is 0 Å². The number of amides is 1. The number of nitrogens with one attached hydrogen (secondary N) is 1. The Bertz CT molecular complexity index is 1100. The molecule has 2 aromatic rings. The predicted octanol–water partition coefficient (Wildman–Crippen LogP) is 1.74. The van der Waals surface area contributed by atoms with Crippen molar-refractivity contribution in [3.63, 3.8) is 0 Å². The number of hydrogen-bond acceptors (Lipinski definition) is 6. The van der Waals surface area contributed by atoms with E-state index in [1.54, 1.807) is 12.1 Å². The van der Waals surface area contributed by atoms with Crippen molar-refractivity contribution < 1.29 is 31.8 Å². The van der Waals surface area contributed by atoms with Crippen molar-refractivity contribution in [1.82, 2.24) is 4.31 Å². The lowest BCUT2D eigenvalue weighted by atomic mass is 10.1. The van der Waals surface area contributed by atoms with Gasteiger partial charge in [0.05, 0.1) is 30.4 Å². The lowest BCUT2D eigenvalue weighted by Gasteiger charge is -2.26. The van der Waals surface area contributed by atoms with Crippen LogP contribution < -0.4 is 5.32 Å². The number of carbonyl (C=O) groups excluding carboxylic acids is 1. The topological polar surface area (TPSA) is 94.2 Å². The Hall–Kier alpha value is -2.37. The van der Waals surface area contributed by atoms with Crippen LogP contribution >= 0.6 is 0 Å². The summed E-state index contributed by atoms with van der Waals surface area (Å²) in [7, 11) is -3.76. The van der Waals surface area contributed by atoms with Gasteiger partial charge in [0.15, 0.2) is 0 Å². The van der Waals surface area contributed by atoms with Gasteiger partial charge in [0.1, 0.15) is 11.9 Å². The standard InChI is InChI=1S/C20H19FN2O6S/c21-14-3-1-13(2-4-14)18-12-28-20(29-18)16-11-15(5-6-17(16)22-19(20)24)30(25,26)23-7-9-27-10-8-23/h1-6,11,18H,7-10,12H2,(H,22,24)/t18?,20-/m1/s1. The number of nitrogens with zero attached hydrogens (tertiary/aromatic N) is 1. The monoisotopic (exact) mass is 434 g/mol. The van der Waals surface area contributed by atoms with Gasteiger partial charge in [-0.2, -0.15) is 4.31 Å². The van der Waals surface area contributed by atoms with Gasteiger partial charge >= 0.3 is 0 Å². The van der Waals surface area contributed by atoms with Gasteiger partial charge in [-0.15, -0.1) is 0 Å². The quantitative estimate of drug-likeness (QED) is 0.791. The maximum Gasteiger partial charge on any atom is 0.289 e. The molecule has 2 aromatic carbocycles. The maximum atomic E-state index is 13.2. The summed E-state index contributed by atoms with van der Waals surface area (Å²) in [6, 6.07) is 10.2. The zero-order valence-corrected chi connectivity index (χ0v) is 16.7. The Labute approximate surface area is 172 Å². The molecule has 2 saturated heterocycles. The lowest BCUT2D eigenvalue weighted by molar-refractivity contribution is -0.184. The highest BCUT2D eigenvalue weighted by Gasteiger charge is 2.55. The van der Waals surface area contributed by atoms with Crippen LogP contribution in [0.4, 0.5) is 10.1 Å². The number of ether oxygens (including phenoxy) is 3. The molecule has 2 fully saturated rings. The van der Waals surface area contributed by atoms with Gasteiger partial charge in [-0.1, -0.05) is 12.1 Å². The van der Waals surface area contributed by atoms with Crippen LogP contribution in [-0.4, -0.2) is 51.5 Å². The van der Waals surface area contributed by atoms with E-state index >= 15 is 0 Å². The van der Waals surface area contributed by atoms with E-state index in [1.807, 2.05) is 0 Å². The third-order valence-corrected chi connectivity index (χ3v) is 7.38. The molecule has 0 saturated carbocycles. The summed E-state index contributed by atoms with van der Waals surface area (Å²) < 4.78 is 57.7. The Morgan fingerprint density at radius 1 is 1.10 bits per heavy atom. The number of halogens is 1. The minimum Gasteiger partial charge on any atom is -0.379 e. The summed E-state index contributed by atoms with van der Waals surface area (Å²) in [4.78, 5) is 12.8. The molecule has 5 rings (SSSR count). The minimum atomic E-state index is -3.76. The van der Waals surface area contributed by atoms with Crippen molar-refractivity contribution in [2.45, 2.75) is 16.8 Å². The van der Waals surface area contributed by atoms with Crippen LogP contribution in [0.25, 0.3) is 0 Å². The highest BCUT2D eigenvalue weighted by atomic mass is 32.2. The van der Waals surface area contributed by atoms with Crippen LogP contribution in [0, 0.1) is 5.82 Å². The lowest BCUT2D eigenvalue weighted by Crippen LogP contribution is -2.40.